The van der Waals surface area contributed by atoms with Gasteiger partial charge in [-0.1, -0.05) is 23.2 Å². The van der Waals surface area contributed by atoms with Crippen LogP contribution >= 0.6 is 23.2 Å². The van der Waals surface area contributed by atoms with Gasteiger partial charge in [-0.25, -0.2) is 0 Å². The van der Waals surface area contributed by atoms with Crippen molar-refractivity contribution in [2.24, 2.45) is 0 Å². The van der Waals surface area contributed by atoms with Crippen molar-refractivity contribution in [3.05, 3.63) is 27.1 Å². The van der Waals surface area contributed by atoms with Crippen LogP contribution in [0.5, 0.6) is 5.75 Å². The number of rotatable bonds is 2. The maximum absolute atomic E-state index is 10.3. The Labute approximate surface area is 79.2 Å². The standard InChI is InChI=1S/C7H5Cl2NO2/c1-12-4-2-5(8)7(10-11)6(9)3-4/h2-3H,1H3/p+1. The van der Waals surface area contributed by atoms with Gasteiger partial charge in [0.1, 0.15) is 15.8 Å². The van der Waals surface area contributed by atoms with E-state index in [1.807, 2.05) is 0 Å². The van der Waals surface area contributed by atoms with Gasteiger partial charge in [0.15, 0.2) is 0 Å². The molecule has 0 atom stereocenters. The Morgan fingerprint density at radius 3 is 2.17 bits per heavy atom. The first kappa shape index (κ1) is 9.29. The van der Waals surface area contributed by atoms with E-state index < -0.39 is 0 Å². The predicted molar refractivity (Wildman–Crippen MR) is 47.0 cm³/mol. The highest BCUT2D eigenvalue weighted by Gasteiger charge is 2.14. The fourth-order valence-electron chi connectivity index (χ4n) is 0.765. The highest BCUT2D eigenvalue weighted by molar-refractivity contribution is 6.38. The Balaban J connectivity index is 3.27. The Hall–Kier alpha value is -0.800. The van der Waals surface area contributed by atoms with Gasteiger partial charge in [-0.3, -0.25) is 0 Å². The van der Waals surface area contributed by atoms with Crippen molar-refractivity contribution in [2.45, 2.75) is 0 Å². The van der Waals surface area contributed by atoms with Gasteiger partial charge in [0.25, 0.3) is 5.69 Å². The molecule has 0 saturated carbocycles. The molecule has 0 radical (unpaired) electrons. The molecule has 0 aromatic heterocycles. The zero-order valence-electron chi connectivity index (χ0n) is 6.23. The number of benzene rings is 1. The fourth-order valence-corrected chi connectivity index (χ4v) is 1.31. The largest absolute Gasteiger partial charge is 0.497 e. The van der Waals surface area contributed by atoms with Crippen molar-refractivity contribution in [3.63, 3.8) is 0 Å². The van der Waals surface area contributed by atoms with Gasteiger partial charge < -0.3 is 4.74 Å². The van der Waals surface area contributed by atoms with Crippen molar-refractivity contribution in [2.75, 3.05) is 7.11 Å². The van der Waals surface area contributed by atoms with Crippen LogP contribution in [0.3, 0.4) is 0 Å². The molecule has 0 fully saturated rings. The normalized spacial score (nSPS) is 9.58. The summed E-state index contributed by atoms with van der Waals surface area (Å²) < 4.78 is 4.88. The molecule has 5 heteroatoms. The lowest BCUT2D eigenvalue weighted by molar-refractivity contribution is -0.379. The van der Waals surface area contributed by atoms with Crippen LogP contribution in [0, 0.1) is 4.91 Å². The summed E-state index contributed by atoms with van der Waals surface area (Å²) >= 11 is 11.4. The van der Waals surface area contributed by atoms with Gasteiger partial charge in [-0.15, -0.1) is 0 Å². The summed E-state index contributed by atoms with van der Waals surface area (Å²) in [6.07, 6.45) is 0. The molecule has 0 spiro atoms. The third kappa shape index (κ3) is 1.68. The van der Waals surface area contributed by atoms with Gasteiger partial charge >= 0.3 is 0 Å². The van der Waals surface area contributed by atoms with E-state index in [4.69, 9.17) is 27.9 Å². The van der Waals surface area contributed by atoms with Crippen molar-refractivity contribution in [3.8, 4) is 5.75 Å². The zero-order valence-corrected chi connectivity index (χ0v) is 7.74. The van der Waals surface area contributed by atoms with Crippen LogP contribution in [0.1, 0.15) is 0 Å². The third-order valence-electron chi connectivity index (χ3n) is 1.35. The van der Waals surface area contributed by atoms with Crippen molar-refractivity contribution in [1.29, 1.82) is 0 Å². The second-order valence-electron chi connectivity index (χ2n) is 2.07. The Morgan fingerprint density at radius 1 is 1.33 bits per heavy atom. The first-order chi connectivity index (χ1) is 5.69. The first-order valence-electron chi connectivity index (χ1n) is 3.10. The maximum Gasteiger partial charge on any atom is 0.290 e. The minimum atomic E-state index is 0.166. The summed E-state index contributed by atoms with van der Waals surface area (Å²) in [5.74, 6) is 0.518. The second kappa shape index (κ2) is 3.74. The number of nitroso groups, excluding NO2 is 1. The molecule has 1 rings (SSSR count). The second-order valence-corrected chi connectivity index (χ2v) is 2.88. The Bertz CT molecular complexity index is 291. The zero-order chi connectivity index (χ0) is 9.14. The lowest BCUT2D eigenvalue weighted by atomic mass is 10.3. The van der Waals surface area contributed by atoms with Gasteiger partial charge in [0.05, 0.1) is 7.11 Å². The average Bonchev–Trinajstić information content (AvgIpc) is 2.03. The fraction of sp³-hybridized carbons (Fsp3) is 0.143. The number of methoxy groups -OCH3 is 1. The lowest BCUT2D eigenvalue weighted by Gasteiger charge is -1.99. The summed E-state index contributed by atoms with van der Waals surface area (Å²) in [6, 6.07) is 3.02. The molecule has 1 aromatic carbocycles. The summed E-state index contributed by atoms with van der Waals surface area (Å²) in [7, 11) is 1.49. The lowest BCUT2D eigenvalue weighted by Crippen LogP contribution is -2.56. The maximum atomic E-state index is 10.3. The molecule has 64 valence electrons. The molecule has 0 unspecified atom stereocenters. The van der Waals surface area contributed by atoms with Crippen LogP contribution < -0.4 is 9.91 Å². The topological polar surface area (TPSA) is 40.3 Å². The van der Waals surface area contributed by atoms with E-state index >= 15 is 0 Å². The molecule has 0 bridgehead atoms. The monoisotopic (exact) mass is 206 g/mol. The highest BCUT2D eigenvalue weighted by Crippen LogP contribution is 2.30. The molecular weight excluding hydrogens is 201 g/mol. The number of hydrogen-bond donors (Lipinski definition) is 1. The van der Waals surface area contributed by atoms with Crippen molar-refractivity contribution < 1.29 is 9.91 Å². The van der Waals surface area contributed by atoms with Crippen molar-refractivity contribution >= 4 is 28.9 Å². The molecular formula is C7H6Cl2NO2+. The minimum Gasteiger partial charge on any atom is -0.497 e. The van der Waals surface area contributed by atoms with Crippen LogP contribution in [0.2, 0.25) is 10.0 Å². The highest BCUT2D eigenvalue weighted by atomic mass is 35.5. The Kier molecular flexibility index (Phi) is 2.89. The Morgan fingerprint density at radius 2 is 1.83 bits per heavy atom. The minimum absolute atomic E-state index is 0.166. The van der Waals surface area contributed by atoms with Gasteiger partial charge in [-0.05, 0) is 0 Å². The van der Waals surface area contributed by atoms with Crippen LogP contribution in [-0.4, -0.2) is 7.11 Å². The van der Waals surface area contributed by atoms with Gasteiger partial charge in [-0.2, -0.15) is 0 Å². The molecule has 12 heavy (non-hydrogen) atoms. The molecule has 0 aliphatic heterocycles. The van der Waals surface area contributed by atoms with E-state index in [-0.39, 0.29) is 15.7 Å². The van der Waals surface area contributed by atoms with E-state index in [1.54, 1.807) is 5.18 Å². The summed E-state index contributed by atoms with van der Waals surface area (Å²) in [6.45, 7) is 0. The quantitative estimate of drug-likeness (QED) is 0.797. The smallest absolute Gasteiger partial charge is 0.290 e. The molecule has 0 saturated heterocycles. The van der Waals surface area contributed by atoms with Crippen LogP contribution in [0.25, 0.3) is 0 Å². The molecule has 1 aromatic rings. The summed E-state index contributed by atoms with van der Waals surface area (Å²) in [5.41, 5.74) is 0.166. The van der Waals surface area contributed by atoms with Crippen molar-refractivity contribution in [1.82, 2.24) is 0 Å². The van der Waals surface area contributed by atoms with E-state index in [1.165, 1.54) is 19.2 Å². The third-order valence-corrected chi connectivity index (χ3v) is 1.95. The van der Waals surface area contributed by atoms with Gasteiger partial charge in [0, 0.05) is 22.2 Å². The summed E-state index contributed by atoms with van der Waals surface area (Å²) in [4.78, 5) is 10.3. The van der Waals surface area contributed by atoms with E-state index in [9.17, 15) is 4.91 Å². The average molecular weight is 207 g/mol. The predicted octanol–water partition coefficient (Wildman–Crippen LogP) is 1.48. The molecule has 3 nitrogen and oxygen atoms in total. The molecule has 0 aliphatic carbocycles. The first-order valence-corrected chi connectivity index (χ1v) is 3.86. The SMILES string of the molecule is COc1cc(Cl)c([NH+]=O)c(Cl)c1. The number of ether oxygens (including phenoxy) is 1. The number of halogens is 2. The van der Waals surface area contributed by atoms with Crippen LogP contribution in [0.4, 0.5) is 5.69 Å². The molecule has 0 aliphatic rings. The van der Waals surface area contributed by atoms with E-state index in [0.29, 0.717) is 5.75 Å². The van der Waals surface area contributed by atoms with Crippen LogP contribution in [-0.2, 0) is 0 Å². The summed E-state index contributed by atoms with van der Waals surface area (Å²) in [5, 5.41) is 2.13. The molecule has 0 amide bonds. The van der Waals surface area contributed by atoms with E-state index in [0.717, 1.165) is 0 Å². The molecule has 0 heterocycles. The number of nitrogens with one attached hydrogen (secondary N) is 1. The van der Waals surface area contributed by atoms with Crippen LogP contribution in [0.15, 0.2) is 12.1 Å². The van der Waals surface area contributed by atoms with Gasteiger partial charge in [0.2, 0.25) is 0 Å². The number of hydrogen-bond acceptors (Lipinski definition) is 2. The molecule has 1 N–H and O–H groups in total. The van der Waals surface area contributed by atoms with E-state index in [2.05, 4.69) is 0 Å².